The predicted octanol–water partition coefficient (Wildman–Crippen LogP) is 3.50. The van der Waals surface area contributed by atoms with E-state index >= 15 is 0 Å². The lowest BCUT2D eigenvalue weighted by Gasteiger charge is -2.23. The van der Waals surface area contributed by atoms with Crippen molar-refractivity contribution in [3.05, 3.63) is 54.4 Å². The Kier molecular flexibility index (Phi) is 6.12. The van der Waals surface area contributed by atoms with Gasteiger partial charge in [-0.05, 0) is 41.3 Å². The number of hydrogen-bond donors (Lipinski definition) is 1. The summed E-state index contributed by atoms with van der Waals surface area (Å²) in [5.41, 5.74) is 2.72. The first-order valence-electron chi connectivity index (χ1n) is 7.37. The van der Waals surface area contributed by atoms with Crippen molar-refractivity contribution in [2.75, 3.05) is 19.7 Å². The van der Waals surface area contributed by atoms with Crippen LogP contribution in [-0.4, -0.2) is 40.9 Å². The van der Waals surface area contributed by atoms with Crippen LogP contribution in [0.1, 0.15) is 12.0 Å². The van der Waals surface area contributed by atoms with Gasteiger partial charge in [0.15, 0.2) is 0 Å². The van der Waals surface area contributed by atoms with Gasteiger partial charge < -0.3 is 5.11 Å². The van der Waals surface area contributed by atoms with Crippen molar-refractivity contribution in [3.63, 3.8) is 0 Å². The highest BCUT2D eigenvalue weighted by Crippen LogP contribution is 2.22. The molecule has 0 saturated carbocycles. The van der Waals surface area contributed by atoms with Crippen LogP contribution in [0.5, 0.6) is 0 Å². The van der Waals surface area contributed by atoms with Gasteiger partial charge in [0.05, 0.1) is 6.54 Å². The average Bonchev–Trinajstić information content (AvgIpc) is 2.52. The van der Waals surface area contributed by atoms with Crippen LogP contribution in [0.3, 0.4) is 0 Å². The second-order valence-electron chi connectivity index (χ2n) is 5.34. The molecule has 2 aromatic rings. The Labute approximate surface area is 133 Å². The number of aliphatic hydroxyl groups is 1. The molecule has 0 fully saturated rings. The second-order valence-corrected chi connectivity index (χ2v) is 5.34. The van der Waals surface area contributed by atoms with Gasteiger partial charge in [0.1, 0.15) is 0 Å². The minimum Gasteiger partial charge on any atom is -0.396 e. The SMILES string of the molecule is OCCCN(Cc1cccc(-c2ccncc2)c1)CC(F)(F)F. The molecule has 1 N–H and O–H groups in total. The number of nitrogens with zero attached hydrogens (tertiary/aromatic N) is 2. The molecule has 1 aromatic heterocycles. The van der Waals surface area contributed by atoms with Crippen LogP contribution >= 0.6 is 0 Å². The van der Waals surface area contributed by atoms with Gasteiger partial charge in [-0.1, -0.05) is 18.2 Å². The first kappa shape index (κ1) is 17.4. The molecule has 0 saturated heterocycles. The van der Waals surface area contributed by atoms with Crippen molar-refractivity contribution in [3.8, 4) is 11.1 Å². The van der Waals surface area contributed by atoms with Crippen molar-refractivity contribution in [1.82, 2.24) is 9.88 Å². The van der Waals surface area contributed by atoms with Gasteiger partial charge in [-0.2, -0.15) is 13.2 Å². The number of alkyl halides is 3. The zero-order valence-corrected chi connectivity index (χ0v) is 12.6. The predicted molar refractivity (Wildman–Crippen MR) is 82.7 cm³/mol. The van der Waals surface area contributed by atoms with Gasteiger partial charge in [-0.15, -0.1) is 0 Å². The minimum absolute atomic E-state index is 0.120. The van der Waals surface area contributed by atoms with E-state index in [1.807, 2.05) is 36.4 Å². The Bertz CT molecular complexity index is 602. The monoisotopic (exact) mass is 324 g/mol. The van der Waals surface area contributed by atoms with E-state index in [9.17, 15) is 13.2 Å². The molecule has 23 heavy (non-hydrogen) atoms. The average molecular weight is 324 g/mol. The molecule has 0 unspecified atom stereocenters. The van der Waals surface area contributed by atoms with Crippen molar-refractivity contribution >= 4 is 0 Å². The van der Waals surface area contributed by atoms with E-state index in [1.54, 1.807) is 12.4 Å². The third-order valence-corrected chi connectivity index (χ3v) is 3.38. The lowest BCUT2D eigenvalue weighted by Crippen LogP contribution is -2.34. The Morgan fingerprint density at radius 2 is 1.78 bits per heavy atom. The lowest BCUT2D eigenvalue weighted by atomic mass is 10.0. The van der Waals surface area contributed by atoms with Crippen LogP contribution < -0.4 is 0 Å². The Morgan fingerprint density at radius 3 is 2.43 bits per heavy atom. The molecule has 0 atom stereocenters. The van der Waals surface area contributed by atoms with Crippen LogP contribution in [0.25, 0.3) is 11.1 Å². The number of benzene rings is 1. The smallest absolute Gasteiger partial charge is 0.396 e. The number of rotatable bonds is 7. The first-order chi connectivity index (χ1) is 11.0. The van der Waals surface area contributed by atoms with Crippen molar-refractivity contribution in [2.24, 2.45) is 0 Å². The third kappa shape index (κ3) is 6.00. The molecule has 0 bridgehead atoms. The van der Waals surface area contributed by atoms with Gasteiger partial charge in [-0.25, -0.2) is 0 Å². The number of hydrogen-bond acceptors (Lipinski definition) is 3. The number of pyridine rings is 1. The highest BCUT2D eigenvalue weighted by atomic mass is 19.4. The first-order valence-corrected chi connectivity index (χ1v) is 7.37. The van der Waals surface area contributed by atoms with E-state index in [0.717, 1.165) is 16.7 Å². The van der Waals surface area contributed by atoms with Crippen molar-refractivity contribution in [2.45, 2.75) is 19.1 Å². The molecule has 1 aromatic carbocycles. The van der Waals surface area contributed by atoms with E-state index < -0.39 is 12.7 Å². The normalized spacial score (nSPS) is 11.9. The van der Waals surface area contributed by atoms with E-state index in [4.69, 9.17) is 5.11 Å². The molecule has 0 aliphatic carbocycles. The summed E-state index contributed by atoms with van der Waals surface area (Å²) in [7, 11) is 0. The fourth-order valence-corrected chi connectivity index (χ4v) is 2.41. The number of aliphatic hydroxyl groups excluding tert-OH is 1. The van der Waals surface area contributed by atoms with Crippen LogP contribution in [0.15, 0.2) is 48.8 Å². The zero-order valence-electron chi connectivity index (χ0n) is 12.6. The molecule has 0 amide bonds. The van der Waals surface area contributed by atoms with Crippen LogP contribution in [0.4, 0.5) is 13.2 Å². The quantitative estimate of drug-likeness (QED) is 0.847. The Hall–Kier alpha value is -1.92. The fourth-order valence-electron chi connectivity index (χ4n) is 2.41. The maximum atomic E-state index is 12.7. The van der Waals surface area contributed by atoms with Crippen molar-refractivity contribution < 1.29 is 18.3 Å². The van der Waals surface area contributed by atoms with E-state index in [2.05, 4.69) is 4.98 Å². The van der Waals surface area contributed by atoms with E-state index in [0.29, 0.717) is 6.42 Å². The third-order valence-electron chi connectivity index (χ3n) is 3.38. The molecule has 124 valence electrons. The highest BCUT2D eigenvalue weighted by molar-refractivity contribution is 5.63. The largest absolute Gasteiger partial charge is 0.401 e. The number of aromatic nitrogens is 1. The minimum atomic E-state index is -4.25. The maximum Gasteiger partial charge on any atom is 0.401 e. The van der Waals surface area contributed by atoms with Gasteiger partial charge in [-0.3, -0.25) is 9.88 Å². The standard InChI is InChI=1S/C17H19F3N2O/c18-17(19,20)13-22(9-2-10-23)12-14-3-1-4-16(11-14)15-5-7-21-8-6-15/h1,3-8,11,23H,2,9-10,12-13H2. The topological polar surface area (TPSA) is 36.4 Å². The molecule has 2 rings (SSSR count). The summed E-state index contributed by atoms with van der Waals surface area (Å²) >= 11 is 0. The summed E-state index contributed by atoms with van der Waals surface area (Å²) in [4.78, 5) is 5.27. The summed E-state index contributed by atoms with van der Waals surface area (Å²) in [6.45, 7) is -0.703. The lowest BCUT2D eigenvalue weighted by molar-refractivity contribution is -0.147. The molecule has 3 nitrogen and oxygen atoms in total. The molecule has 6 heteroatoms. The van der Waals surface area contributed by atoms with Gasteiger partial charge >= 0.3 is 6.18 Å². The molecular weight excluding hydrogens is 305 g/mol. The second kappa shape index (κ2) is 8.08. The summed E-state index contributed by atoms with van der Waals surface area (Å²) in [5, 5.41) is 8.86. The van der Waals surface area contributed by atoms with Crippen LogP contribution in [-0.2, 0) is 6.54 Å². The molecular formula is C17H19F3N2O. The summed E-state index contributed by atoms with van der Waals surface area (Å²) in [6.07, 6.45) is -0.573. The Balaban J connectivity index is 2.13. The van der Waals surface area contributed by atoms with Crippen LogP contribution in [0.2, 0.25) is 0 Å². The number of halogens is 3. The molecule has 0 aliphatic heterocycles. The summed E-state index contributed by atoms with van der Waals surface area (Å²) in [5.74, 6) is 0. The van der Waals surface area contributed by atoms with E-state index in [-0.39, 0.29) is 19.7 Å². The maximum absolute atomic E-state index is 12.7. The van der Waals surface area contributed by atoms with Gasteiger partial charge in [0.2, 0.25) is 0 Å². The van der Waals surface area contributed by atoms with Crippen LogP contribution in [0, 0.1) is 0 Å². The Morgan fingerprint density at radius 1 is 1.04 bits per heavy atom. The zero-order chi connectivity index (χ0) is 16.7. The van der Waals surface area contributed by atoms with Gasteiger partial charge in [0.25, 0.3) is 0 Å². The van der Waals surface area contributed by atoms with Gasteiger partial charge in [0, 0.05) is 32.1 Å². The highest BCUT2D eigenvalue weighted by Gasteiger charge is 2.30. The van der Waals surface area contributed by atoms with Crippen molar-refractivity contribution in [1.29, 1.82) is 0 Å². The van der Waals surface area contributed by atoms with E-state index in [1.165, 1.54) is 4.90 Å². The summed E-state index contributed by atoms with van der Waals surface area (Å²) in [6, 6.07) is 11.2. The molecule has 0 aliphatic rings. The fraction of sp³-hybridized carbons (Fsp3) is 0.353. The molecule has 1 heterocycles. The summed E-state index contributed by atoms with van der Waals surface area (Å²) < 4.78 is 38.0. The molecule has 0 radical (unpaired) electrons. The molecule has 0 spiro atoms.